The molecule has 0 fully saturated rings. The molecule has 106 valence electrons. The predicted molar refractivity (Wildman–Crippen MR) is 82.9 cm³/mol. The molecule has 0 saturated heterocycles. The number of aliphatic hydroxyl groups is 1. The summed E-state index contributed by atoms with van der Waals surface area (Å²) in [6.07, 6.45) is -0.203. The van der Waals surface area contributed by atoms with Crippen molar-refractivity contribution in [1.82, 2.24) is 0 Å². The average molecular weight is 311 g/mol. The minimum Gasteiger partial charge on any atom is -0.496 e. The molecule has 20 heavy (non-hydrogen) atoms. The first-order valence-electron chi connectivity index (χ1n) is 6.28. The lowest BCUT2D eigenvalue weighted by molar-refractivity contribution is 0.178. The molecule has 1 N–H and O–H groups in total. The van der Waals surface area contributed by atoms with E-state index in [0.717, 1.165) is 22.4 Å². The highest BCUT2D eigenvalue weighted by molar-refractivity contribution is 6.35. The number of hydrogen-bond acceptors (Lipinski definition) is 2. The minimum absolute atomic E-state index is 0.433. The summed E-state index contributed by atoms with van der Waals surface area (Å²) in [5.74, 6) is 0.767. The third kappa shape index (κ3) is 3.45. The zero-order valence-corrected chi connectivity index (χ0v) is 12.9. The van der Waals surface area contributed by atoms with E-state index in [1.165, 1.54) is 0 Å². The maximum atomic E-state index is 10.3. The number of aryl methyl sites for hydroxylation is 1. The molecule has 2 aromatic carbocycles. The Morgan fingerprint density at radius 2 is 1.90 bits per heavy atom. The van der Waals surface area contributed by atoms with Crippen LogP contribution in [0.3, 0.4) is 0 Å². The van der Waals surface area contributed by atoms with Gasteiger partial charge in [0.05, 0.1) is 13.2 Å². The summed E-state index contributed by atoms with van der Waals surface area (Å²) in [5.41, 5.74) is 2.70. The van der Waals surface area contributed by atoms with Crippen molar-refractivity contribution in [3.63, 3.8) is 0 Å². The van der Waals surface area contributed by atoms with E-state index in [9.17, 15) is 5.11 Å². The molecule has 4 heteroatoms. The molecule has 0 aliphatic rings. The van der Waals surface area contributed by atoms with Gasteiger partial charge in [-0.1, -0.05) is 41.4 Å². The highest BCUT2D eigenvalue weighted by Gasteiger charge is 2.13. The predicted octanol–water partition coefficient (Wildman–Crippen LogP) is 4.59. The molecule has 0 bridgehead atoms. The summed E-state index contributed by atoms with van der Waals surface area (Å²) in [6.45, 7) is 1.96. The molecule has 2 nitrogen and oxygen atoms in total. The molecule has 0 spiro atoms. The fourth-order valence-electron chi connectivity index (χ4n) is 2.06. The number of halogens is 2. The monoisotopic (exact) mass is 310 g/mol. The molecular weight excluding hydrogens is 295 g/mol. The second-order valence-electron chi connectivity index (χ2n) is 4.68. The van der Waals surface area contributed by atoms with Crippen LogP contribution in [0.15, 0.2) is 36.4 Å². The summed E-state index contributed by atoms with van der Waals surface area (Å²) < 4.78 is 5.27. The highest BCUT2D eigenvalue weighted by Crippen LogP contribution is 2.28. The maximum Gasteiger partial charge on any atom is 0.122 e. The largest absolute Gasteiger partial charge is 0.496 e. The summed E-state index contributed by atoms with van der Waals surface area (Å²) in [5, 5.41) is 11.5. The van der Waals surface area contributed by atoms with Crippen LogP contribution in [0.2, 0.25) is 10.0 Å². The Bertz CT molecular complexity index is 611. The first-order valence-corrected chi connectivity index (χ1v) is 7.03. The van der Waals surface area contributed by atoms with Gasteiger partial charge < -0.3 is 9.84 Å². The Balaban J connectivity index is 2.21. The number of hydrogen-bond donors (Lipinski definition) is 1. The summed E-state index contributed by atoms with van der Waals surface area (Å²) in [4.78, 5) is 0. The third-order valence-electron chi connectivity index (χ3n) is 3.25. The molecule has 2 rings (SSSR count). The van der Waals surface area contributed by atoms with Crippen molar-refractivity contribution >= 4 is 23.2 Å². The lowest BCUT2D eigenvalue weighted by atomic mass is 10.00. The molecule has 1 atom stereocenters. The van der Waals surface area contributed by atoms with E-state index in [2.05, 4.69) is 0 Å². The molecule has 1 unspecified atom stereocenters. The van der Waals surface area contributed by atoms with Crippen LogP contribution >= 0.6 is 23.2 Å². The average Bonchev–Trinajstić information content (AvgIpc) is 2.42. The van der Waals surface area contributed by atoms with Gasteiger partial charge in [-0.3, -0.25) is 0 Å². The summed E-state index contributed by atoms with van der Waals surface area (Å²) in [6, 6.07) is 11.0. The molecule has 0 aliphatic carbocycles. The van der Waals surface area contributed by atoms with Gasteiger partial charge in [0.15, 0.2) is 0 Å². The van der Waals surface area contributed by atoms with E-state index >= 15 is 0 Å². The quantitative estimate of drug-likeness (QED) is 0.895. The van der Waals surface area contributed by atoms with E-state index in [0.29, 0.717) is 16.5 Å². The Kier molecular flexibility index (Phi) is 4.92. The third-order valence-corrected chi connectivity index (χ3v) is 3.83. The summed E-state index contributed by atoms with van der Waals surface area (Å²) >= 11 is 12.0. The summed E-state index contributed by atoms with van der Waals surface area (Å²) in [7, 11) is 1.62. The first-order chi connectivity index (χ1) is 9.51. The van der Waals surface area contributed by atoms with Crippen molar-refractivity contribution in [2.45, 2.75) is 19.4 Å². The van der Waals surface area contributed by atoms with Crippen LogP contribution in [0.5, 0.6) is 5.75 Å². The SMILES string of the molecule is COc1cc(C(O)Cc2ccc(Cl)cc2Cl)ccc1C. The van der Waals surface area contributed by atoms with Crippen molar-refractivity contribution in [3.05, 3.63) is 63.1 Å². The van der Waals surface area contributed by atoms with E-state index in [1.54, 1.807) is 19.2 Å². The molecule has 2 aromatic rings. The van der Waals surface area contributed by atoms with Gasteiger partial charge in [0.25, 0.3) is 0 Å². The Labute approximate surface area is 128 Å². The van der Waals surface area contributed by atoms with E-state index in [-0.39, 0.29) is 0 Å². The van der Waals surface area contributed by atoms with Gasteiger partial charge in [-0.05, 0) is 41.8 Å². The minimum atomic E-state index is -0.636. The van der Waals surface area contributed by atoms with Crippen molar-refractivity contribution in [3.8, 4) is 5.75 Å². The molecular formula is C16H16Cl2O2. The normalized spacial score (nSPS) is 12.2. The highest BCUT2D eigenvalue weighted by atomic mass is 35.5. The molecule has 0 aliphatic heterocycles. The Hall–Kier alpha value is -1.22. The van der Waals surface area contributed by atoms with Crippen molar-refractivity contribution < 1.29 is 9.84 Å². The van der Waals surface area contributed by atoms with Crippen molar-refractivity contribution in [2.24, 2.45) is 0 Å². The first kappa shape index (κ1) is 15.2. The van der Waals surface area contributed by atoms with Crippen molar-refractivity contribution in [2.75, 3.05) is 7.11 Å². The second kappa shape index (κ2) is 6.49. The van der Waals surface area contributed by atoms with Crippen LogP contribution in [-0.2, 0) is 6.42 Å². The van der Waals surface area contributed by atoms with Gasteiger partial charge in [0.2, 0.25) is 0 Å². The molecule has 0 radical (unpaired) electrons. The number of benzene rings is 2. The van der Waals surface area contributed by atoms with Crippen LogP contribution in [0.4, 0.5) is 0 Å². The van der Waals surface area contributed by atoms with Gasteiger partial charge in [-0.2, -0.15) is 0 Å². The number of methoxy groups -OCH3 is 1. The van der Waals surface area contributed by atoms with Crippen LogP contribution in [0, 0.1) is 6.92 Å². The van der Waals surface area contributed by atoms with Crippen LogP contribution < -0.4 is 4.74 Å². The van der Waals surface area contributed by atoms with Gasteiger partial charge >= 0.3 is 0 Å². The fraction of sp³-hybridized carbons (Fsp3) is 0.250. The van der Waals surface area contributed by atoms with Gasteiger partial charge in [-0.25, -0.2) is 0 Å². The molecule has 0 amide bonds. The van der Waals surface area contributed by atoms with Gasteiger partial charge in [-0.15, -0.1) is 0 Å². The maximum absolute atomic E-state index is 10.3. The van der Waals surface area contributed by atoms with Crippen LogP contribution in [0.1, 0.15) is 22.8 Å². The van der Waals surface area contributed by atoms with E-state index in [1.807, 2.05) is 31.2 Å². The van der Waals surface area contributed by atoms with E-state index in [4.69, 9.17) is 27.9 Å². The number of ether oxygens (including phenoxy) is 1. The second-order valence-corrected chi connectivity index (χ2v) is 5.53. The molecule has 0 saturated carbocycles. The lowest BCUT2D eigenvalue weighted by Gasteiger charge is -2.14. The van der Waals surface area contributed by atoms with E-state index < -0.39 is 6.10 Å². The Morgan fingerprint density at radius 3 is 2.55 bits per heavy atom. The molecule has 0 aromatic heterocycles. The van der Waals surface area contributed by atoms with Gasteiger partial charge in [0, 0.05) is 16.5 Å². The lowest BCUT2D eigenvalue weighted by Crippen LogP contribution is -2.03. The number of rotatable bonds is 4. The van der Waals surface area contributed by atoms with Crippen LogP contribution in [0.25, 0.3) is 0 Å². The standard InChI is InChI=1S/C16H16Cl2O2/c1-10-3-4-12(8-16(10)20-2)15(19)7-11-5-6-13(17)9-14(11)18/h3-6,8-9,15,19H,7H2,1-2H3. The Morgan fingerprint density at radius 1 is 1.15 bits per heavy atom. The fourth-order valence-corrected chi connectivity index (χ4v) is 2.54. The zero-order valence-electron chi connectivity index (χ0n) is 11.4. The van der Waals surface area contributed by atoms with Gasteiger partial charge in [0.1, 0.15) is 5.75 Å². The topological polar surface area (TPSA) is 29.5 Å². The zero-order chi connectivity index (χ0) is 14.7. The van der Waals surface area contributed by atoms with Crippen molar-refractivity contribution in [1.29, 1.82) is 0 Å². The smallest absolute Gasteiger partial charge is 0.122 e. The number of aliphatic hydroxyl groups excluding tert-OH is 1. The van der Waals surface area contributed by atoms with Crippen LogP contribution in [-0.4, -0.2) is 12.2 Å². The molecule has 0 heterocycles.